The minimum atomic E-state index is -5.03. The first-order valence-electron chi connectivity index (χ1n) is 23.7. The van der Waals surface area contributed by atoms with Crippen LogP contribution in [0.15, 0.2) is 170 Å². The first-order chi connectivity index (χ1) is 37.2. The number of hydrogen-bond acceptors (Lipinski definition) is 2. The number of fused-ring (bicyclic) bond motifs is 12. The number of nitriles is 2. The summed E-state index contributed by atoms with van der Waals surface area (Å²) < 4.78 is 184. The summed E-state index contributed by atoms with van der Waals surface area (Å²) in [5.41, 5.74) is -5.40. The Labute approximate surface area is 430 Å². The van der Waals surface area contributed by atoms with E-state index < -0.39 is 52.5 Å². The second kappa shape index (κ2) is 16.4. The van der Waals surface area contributed by atoms with Crippen LogP contribution in [0.4, 0.5) is 52.7 Å². The smallest absolute Gasteiger partial charge is 0.306 e. The maximum absolute atomic E-state index is 14.9. The van der Waals surface area contributed by atoms with Gasteiger partial charge in [-0.25, -0.2) is 0 Å². The zero-order valence-electron chi connectivity index (χ0n) is 39.4. The molecule has 0 unspecified atom stereocenters. The molecule has 382 valence electrons. The predicted octanol–water partition coefficient (Wildman–Crippen LogP) is 17.9. The molecule has 4 heterocycles. The summed E-state index contributed by atoms with van der Waals surface area (Å²) >= 11 is 0. The Balaban J connectivity index is 1.39. The van der Waals surface area contributed by atoms with Crippen molar-refractivity contribution in [2.45, 2.75) is 24.7 Å². The molecule has 13 rings (SSSR count). The van der Waals surface area contributed by atoms with Crippen LogP contribution in [-0.4, -0.2) is 18.3 Å². The van der Waals surface area contributed by atoms with Gasteiger partial charge in [-0.1, -0.05) is 72.8 Å². The Bertz CT molecular complexity index is 4580. The summed E-state index contributed by atoms with van der Waals surface area (Å²) in [5, 5.41) is 24.9. The molecule has 0 N–H and O–H groups in total. The lowest BCUT2D eigenvalue weighted by atomic mass is 9.98. The van der Waals surface area contributed by atoms with Crippen LogP contribution in [0.3, 0.4) is 0 Å². The van der Waals surface area contributed by atoms with Gasteiger partial charge >= 0.3 is 24.7 Å². The predicted molar refractivity (Wildman–Crippen MR) is 273 cm³/mol. The minimum Gasteiger partial charge on any atom is -0.306 e. The molecular formula is C60H28F12N6. The number of alkyl halides is 12. The van der Waals surface area contributed by atoms with Crippen LogP contribution in [0, 0.1) is 22.7 Å². The molecule has 0 amide bonds. The Morgan fingerprint density at radius 1 is 0.256 bits per heavy atom. The Morgan fingerprint density at radius 3 is 0.679 bits per heavy atom. The molecule has 9 aromatic carbocycles. The van der Waals surface area contributed by atoms with Crippen molar-refractivity contribution in [2.75, 3.05) is 0 Å². The number of halogens is 12. The summed E-state index contributed by atoms with van der Waals surface area (Å²) in [5.74, 6) is 0. The second-order valence-electron chi connectivity index (χ2n) is 18.7. The van der Waals surface area contributed by atoms with Crippen molar-refractivity contribution in [3.63, 3.8) is 0 Å². The van der Waals surface area contributed by atoms with Crippen LogP contribution in [0.1, 0.15) is 33.4 Å². The van der Waals surface area contributed by atoms with Gasteiger partial charge < -0.3 is 18.3 Å². The van der Waals surface area contributed by atoms with E-state index in [1.807, 2.05) is 24.3 Å². The van der Waals surface area contributed by atoms with E-state index in [0.29, 0.717) is 80.0 Å². The van der Waals surface area contributed by atoms with E-state index in [9.17, 15) is 63.2 Å². The maximum Gasteiger partial charge on any atom is 0.416 e. The topological polar surface area (TPSA) is 67.3 Å². The van der Waals surface area contributed by atoms with Gasteiger partial charge in [0.2, 0.25) is 0 Å². The van der Waals surface area contributed by atoms with E-state index in [1.165, 1.54) is 9.13 Å². The first kappa shape index (κ1) is 48.0. The van der Waals surface area contributed by atoms with Crippen molar-refractivity contribution in [2.24, 2.45) is 0 Å². The molecule has 18 heteroatoms. The van der Waals surface area contributed by atoms with Crippen LogP contribution in [-0.2, 0) is 24.7 Å². The number of aromatic nitrogens is 4. The molecule has 0 aliphatic carbocycles. The summed E-state index contributed by atoms with van der Waals surface area (Å²) in [6, 6.07) is 42.3. The Morgan fingerprint density at radius 2 is 0.462 bits per heavy atom. The van der Waals surface area contributed by atoms with E-state index in [0.717, 1.165) is 36.4 Å². The van der Waals surface area contributed by atoms with Crippen molar-refractivity contribution in [3.8, 4) is 34.9 Å². The molecule has 0 bridgehead atoms. The van der Waals surface area contributed by atoms with Crippen molar-refractivity contribution in [1.29, 1.82) is 10.5 Å². The third-order valence-electron chi connectivity index (χ3n) is 14.5. The third kappa shape index (κ3) is 6.91. The lowest BCUT2D eigenvalue weighted by molar-refractivity contribution is -0.138. The highest BCUT2D eigenvalue weighted by Gasteiger charge is 2.39. The average Bonchev–Trinajstić information content (AvgIpc) is 4.33. The molecule has 13 aromatic rings. The SMILES string of the molecule is N#Cc1c(C#N)c(-n2c3ccc(C(F)(F)F)cc3c3cc(C(F)(F)F)ccc32)c(-n2c3ccc(C(F)(F)F)cc3c3cc(C(F)(F)F)ccc32)c(-n2c3ccccc3c3ccccc32)c1-n1c2ccccc2c2ccccc21. The molecule has 0 fully saturated rings. The molecule has 6 nitrogen and oxygen atoms in total. The number of rotatable bonds is 4. The largest absolute Gasteiger partial charge is 0.416 e. The summed E-state index contributed by atoms with van der Waals surface area (Å²) in [7, 11) is 0. The molecule has 4 aromatic heterocycles. The van der Waals surface area contributed by atoms with Gasteiger partial charge in [0, 0.05) is 43.1 Å². The number of benzene rings is 9. The highest BCUT2D eigenvalue weighted by atomic mass is 19.4. The molecule has 0 aliphatic heterocycles. The molecular weight excluding hydrogens is 1030 g/mol. The average molecular weight is 1060 g/mol. The molecule has 0 atom stereocenters. The fraction of sp³-hybridized carbons (Fsp3) is 0.0667. The minimum absolute atomic E-state index is 0.0168. The lowest BCUT2D eigenvalue weighted by Gasteiger charge is -2.28. The van der Waals surface area contributed by atoms with Crippen LogP contribution in [0.2, 0.25) is 0 Å². The van der Waals surface area contributed by atoms with Crippen molar-refractivity contribution in [1.82, 2.24) is 18.3 Å². The zero-order chi connectivity index (χ0) is 54.5. The van der Waals surface area contributed by atoms with Gasteiger partial charge in [0.25, 0.3) is 0 Å². The van der Waals surface area contributed by atoms with Crippen LogP contribution in [0.25, 0.3) is 110 Å². The van der Waals surface area contributed by atoms with Gasteiger partial charge in [0.1, 0.15) is 12.1 Å². The molecule has 0 saturated carbocycles. The van der Waals surface area contributed by atoms with Gasteiger partial charge in [0.05, 0.1) is 100 Å². The van der Waals surface area contributed by atoms with E-state index in [1.54, 1.807) is 81.9 Å². The molecule has 0 spiro atoms. The summed E-state index contributed by atoms with van der Waals surface area (Å²) in [6.45, 7) is 0. The first-order valence-corrected chi connectivity index (χ1v) is 23.7. The van der Waals surface area contributed by atoms with Crippen molar-refractivity contribution in [3.05, 3.63) is 203 Å². The van der Waals surface area contributed by atoms with Gasteiger partial charge in [-0.05, 0) is 97.1 Å². The summed E-state index contributed by atoms with van der Waals surface area (Å²) in [4.78, 5) is 0. The third-order valence-corrected chi connectivity index (χ3v) is 14.5. The van der Waals surface area contributed by atoms with E-state index in [4.69, 9.17) is 0 Å². The maximum atomic E-state index is 14.9. The van der Waals surface area contributed by atoms with Gasteiger partial charge in [-0.2, -0.15) is 63.2 Å². The van der Waals surface area contributed by atoms with Gasteiger partial charge in [-0.3, -0.25) is 0 Å². The molecule has 78 heavy (non-hydrogen) atoms. The molecule has 0 aliphatic rings. The number of para-hydroxylation sites is 4. The van der Waals surface area contributed by atoms with E-state index >= 15 is 0 Å². The van der Waals surface area contributed by atoms with Crippen LogP contribution >= 0.6 is 0 Å². The zero-order valence-corrected chi connectivity index (χ0v) is 39.4. The normalized spacial score (nSPS) is 12.8. The second-order valence-corrected chi connectivity index (χ2v) is 18.7. The summed E-state index contributed by atoms with van der Waals surface area (Å²) in [6.07, 6.45) is -20.1. The molecule has 0 radical (unpaired) electrons. The van der Waals surface area contributed by atoms with E-state index in [2.05, 4.69) is 12.1 Å². The number of hydrogen-bond donors (Lipinski definition) is 0. The molecule has 0 saturated heterocycles. The van der Waals surface area contributed by atoms with Crippen LogP contribution < -0.4 is 0 Å². The Hall–Kier alpha value is -9.68. The standard InChI is InChI=1S/C60H28F12N6/c61-57(62,63)31-17-21-49-39(25-31)40-26-32(58(64,65)66)18-22-50(40)76(49)54-44(30-74)43(29-73)53(75-45-13-5-1-9-35(45)36-10-2-6-14-46(36)75)55(77-47-15-7-3-11-37(47)38-12-4-8-16-48(38)77)56(54)78-51-23-19-33(59(67,68)69)27-41(51)42-28-34(60(70,71)72)20-24-52(42)78/h1-28H. The number of nitrogens with zero attached hydrogens (tertiary/aromatic N) is 6. The lowest BCUT2D eigenvalue weighted by Crippen LogP contribution is -2.17. The van der Waals surface area contributed by atoms with Crippen LogP contribution in [0.5, 0.6) is 0 Å². The van der Waals surface area contributed by atoms with Crippen molar-refractivity contribution < 1.29 is 52.7 Å². The highest BCUT2D eigenvalue weighted by molar-refractivity contribution is 6.16. The van der Waals surface area contributed by atoms with Gasteiger partial charge in [-0.15, -0.1) is 0 Å². The fourth-order valence-corrected chi connectivity index (χ4v) is 11.3. The highest BCUT2D eigenvalue weighted by Crippen LogP contribution is 2.51. The van der Waals surface area contributed by atoms with Gasteiger partial charge in [0.15, 0.2) is 0 Å². The van der Waals surface area contributed by atoms with Crippen molar-refractivity contribution >= 4 is 87.2 Å². The Kier molecular flexibility index (Phi) is 10.1. The fourth-order valence-electron chi connectivity index (χ4n) is 11.3. The van der Waals surface area contributed by atoms with E-state index in [-0.39, 0.29) is 71.9 Å². The monoisotopic (exact) mass is 1060 g/mol. The quantitative estimate of drug-likeness (QED) is 0.165.